The van der Waals surface area contributed by atoms with Gasteiger partial charge in [-0.3, -0.25) is 4.98 Å². The Balaban J connectivity index is 1.55. The summed E-state index contributed by atoms with van der Waals surface area (Å²) in [4.78, 5) is 17.4. The minimum Gasteiger partial charge on any atom is -0.377 e. The van der Waals surface area contributed by atoms with Crippen LogP contribution in [-0.2, 0) is 28.7 Å². The van der Waals surface area contributed by atoms with Gasteiger partial charge in [-0.2, -0.15) is 0 Å². The molecule has 0 aliphatic rings. The predicted octanol–water partition coefficient (Wildman–Crippen LogP) is 4.11. The van der Waals surface area contributed by atoms with Crippen LogP contribution in [0.25, 0.3) is 0 Å². The highest BCUT2D eigenvalue weighted by atomic mass is 32.2. The zero-order chi connectivity index (χ0) is 20.5. The maximum absolute atomic E-state index is 12.7. The molecule has 2 N–H and O–H groups in total. The van der Waals surface area contributed by atoms with E-state index in [-0.39, 0.29) is 6.03 Å². The smallest absolute Gasteiger partial charge is 0.319 e. The fourth-order valence-electron chi connectivity index (χ4n) is 2.59. The van der Waals surface area contributed by atoms with E-state index in [1.807, 2.05) is 43.3 Å². The van der Waals surface area contributed by atoms with E-state index >= 15 is 0 Å². The molecule has 0 spiro atoms. The number of amides is 2. The molecule has 3 aromatic rings. The molecule has 3 rings (SSSR count). The molecule has 0 fully saturated rings. The number of rotatable bonds is 8. The van der Waals surface area contributed by atoms with Crippen LogP contribution in [0.3, 0.4) is 0 Å². The first-order valence-electron chi connectivity index (χ1n) is 9.28. The molecule has 0 saturated carbocycles. The molecule has 0 saturated heterocycles. The second-order valence-electron chi connectivity index (χ2n) is 6.24. The van der Waals surface area contributed by atoms with Gasteiger partial charge in [0.25, 0.3) is 0 Å². The summed E-state index contributed by atoms with van der Waals surface area (Å²) in [5.74, 6) is 0. The van der Waals surface area contributed by atoms with Gasteiger partial charge in [-0.25, -0.2) is 9.00 Å². The first-order chi connectivity index (χ1) is 14.2. The Labute approximate surface area is 172 Å². The van der Waals surface area contributed by atoms with Crippen LogP contribution in [0.15, 0.2) is 82.8 Å². The van der Waals surface area contributed by atoms with Gasteiger partial charge < -0.3 is 15.4 Å². The molecule has 0 aliphatic carbocycles. The molecule has 1 aromatic heterocycles. The van der Waals surface area contributed by atoms with Gasteiger partial charge in [0.05, 0.1) is 17.4 Å². The van der Waals surface area contributed by atoms with Crippen molar-refractivity contribution in [3.05, 3.63) is 84.2 Å². The first kappa shape index (κ1) is 20.7. The second kappa shape index (κ2) is 10.5. The van der Waals surface area contributed by atoms with Gasteiger partial charge in [0.2, 0.25) is 0 Å². The third kappa shape index (κ3) is 6.23. The zero-order valence-corrected chi connectivity index (χ0v) is 16.9. The van der Waals surface area contributed by atoms with Crippen molar-refractivity contribution in [2.24, 2.45) is 0 Å². The third-order valence-corrected chi connectivity index (χ3v) is 5.51. The third-order valence-electron chi connectivity index (χ3n) is 4.11. The highest BCUT2D eigenvalue weighted by molar-refractivity contribution is 7.85. The Morgan fingerprint density at radius 3 is 2.31 bits per heavy atom. The number of benzene rings is 2. The molecule has 0 bridgehead atoms. The summed E-state index contributed by atoms with van der Waals surface area (Å²) in [5.41, 5.74) is 2.59. The van der Waals surface area contributed by atoms with E-state index in [1.165, 1.54) is 0 Å². The van der Waals surface area contributed by atoms with Crippen molar-refractivity contribution in [2.45, 2.75) is 29.9 Å². The van der Waals surface area contributed by atoms with Crippen molar-refractivity contribution in [2.75, 3.05) is 11.9 Å². The van der Waals surface area contributed by atoms with Crippen LogP contribution in [0.5, 0.6) is 0 Å². The van der Waals surface area contributed by atoms with Gasteiger partial charge >= 0.3 is 6.03 Å². The molecular formula is C22H23N3O3S. The zero-order valence-electron chi connectivity index (χ0n) is 16.1. The van der Waals surface area contributed by atoms with Crippen molar-refractivity contribution in [3.63, 3.8) is 0 Å². The maximum atomic E-state index is 12.7. The van der Waals surface area contributed by atoms with Crippen molar-refractivity contribution in [1.82, 2.24) is 10.3 Å². The van der Waals surface area contributed by atoms with Crippen LogP contribution in [0.2, 0.25) is 0 Å². The number of nitrogens with zero attached hydrogens (tertiary/aromatic N) is 1. The van der Waals surface area contributed by atoms with Gasteiger partial charge in [-0.05, 0) is 60.5 Å². The van der Waals surface area contributed by atoms with Gasteiger partial charge in [0, 0.05) is 41.0 Å². The van der Waals surface area contributed by atoms with Crippen LogP contribution in [0.4, 0.5) is 10.5 Å². The van der Waals surface area contributed by atoms with E-state index in [4.69, 9.17) is 4.74 Å². The molecule has 2 amide bonds. The van der Waals surface area contributed by atoms with E-state index in [1.54, 1.807) is 36.7 Å². The minimum absolute atomic E-state index is 0.312. The van der Waals surface area contributed by atoms with Crippen LogP contribution in [0.1, 0.15) is 18.1 Å². The van der Waals surface area contributed by atoms with E-state index in [9.17, 15) is 9.00 Å². The molecule has 7 heteroatoms. The Bertz CT molecular complexity index is 945. The summed E-state index contributed by atoms with van der Waals surface area (Å²) in [7, 11) is -1.29. The molecule has 150 valence electrons. The van der Waals surface area contributed by atoms with E-state index in [0.717, 1.165) is 16.0 Å². The lowest BCUT2D eigenvalue weighted by Gasteiger charge is -2.09. The number of aromatic nitrogens is 1. The van der Waals surface area contributed by atoms with Crippen molar-refractivity contribution in [3.8, 4) is 0 Å². The maximum Gasteiger partial charge on any atom is 0.319 e. The molecule has 1 atom stereocenters. The predicted molar refractivity (Wildman–Crippen MR) is 113 cm³/mol. The summed E-state index contributed by atoms with van der Waals surface area (Å²) >= 11 is 0. The summed E-state index contributed by atoms with van der Waals surface area (Å²) in [5, 5.41) is 5.53. The van der Waals surface area contributed by atoms with E-state index in [0.29, 0.717) is 30.3 Å². The van der Waals surface area contributed by atoms with Crippen molar-refractivity contribution in [1.29, 1.82) is 0 Å². The SMILES string of the molecule is CCOCc1ccc(S(=O)c2ccc(NC(=O)NCc3cccnc3)cc2)cc1. The number of nitrogens with one attached hydrogen (secondary N) is 2. The number of ether oxygens (including phenoxy) is 1. The largest absolute Gasteiger partial charge is 0.377 e. The average molecular weight is 410 g/mol. The quantitative estimate of drug-likeness (QED) is 0.587. The van der Waals surface area contributed by atoms with Gasteiger partial charge in [0.15, 0.2) is 0 Å². The van der Waals surface area contributed by atoms with Crippen LogP contribution < -0.4 is 10.6 Å². The summed E-state index contributed by atoms with van der Waals surface area (Å²) in [6.45, 7) is 3.55. The Morgan fingerprint density at radius 1 is 1.00 bits per heavy atom. The molecule has 29 heavy (non-hydrogen) atoms. The molecule has 2 aromatic carbocycles. The normalized spacial score (nSPS) is 11.6. The number of hydrogen-bond donors (Lipinski definition) is 2. The van der Waals surface area contributed by atoms with Crippen LogP contribution >= 0.6 is 0 Å². The number of pyridine rings is 1. The van der Waals surface area contributed by atoms with E-state index in [2.05, 4.69) is 15.6 Å². The van der Waals surface area contributed by atoms with Crippen LogP contribution in [0, 0.1) is 0 Å². The van der Waals surface area contributed by atoms with Gasteiger partial charge in [-0.15, -0.1) is 0 Å². The monoisotopic (exact) mass is 409 g/mol. The minimum atomic E-state index is -1.29. The Morgan fingerprint density at radius 2 is 1.69 bits per heavy atom. The molecular weight excluding hydrogens is 386 g/mol. The number of anilines is 1. The van der Waals surface area contributed by atoms with Gasteiger partial charge in [-0.1, -0.05) is 18.2 Å². The second-order valence-corrected chi connectivity index (χ2v) is 7.72. The molecule has 6 nitrogen and oxygen atoms in total. The summed E-state index contributed by atoms with van der Waals surface area (Å²) in [6.07, 6.45) is 3.39. The number of urea groups is 1. The highest BCUT2D eigenvalue weighted by Gasteiger charge is 2.08. The van der Waals surface area contributed by atoms with Gasteiger partial charge in [0.1, 0.15) is 0 Å². The Kier molecular flexibility index (Phi) is 7.49. The lowest BCUT2D eigenvalue weighted by atomic mass is 10.2. The van der Waals surface area contributed by atoms with Crippen molar-refractivity contribution >= 4 is 22.5 Å². The molecule has 0 radical (unpaired) electrons. The van der Waals surface area contributed by atoms with Crippen LogP contribution in [-0.4, -0.2) is 21.8 Å². The topological polar surface area (TPSA) is 80.3 Å². The lowest BCUT2D eigenvalue weighted by molar-refractivity contribution is 0.134. The van der Waals surface area contributed by atoms with E-state index < -0.39 is 10.8 Å². The lowest BCUT2D eigenvalue weighted by Crippen LogP contribution is -2.28. The molecule has 0 aliphatic heterocycles. The number of carbonyl (C=O) groups excluding carboxylic acids is 1. The average Bonchev–Trinajstić information content (AvgIpc) is 2.77. The summed E-state index contributed by atoms with van der Waals surface area (Å²) in [6, 6.07) is 17.9. The standard InChI is InChI=1S/C22H23N3O3S/c1-2-28-16-17-5-9-20(10-6-17)29(27)21-11-7-19(8-12-21)25-22(26)24-15-18-4-3-13-23-14-18/h3-14H,2,15-16H2,1H3,(H2,24,25,26). The molecule has 1 heterocycles. The highest BCUT2D eigenvalue weighted by Crippen LogP contribution is 2.19. The first-order valence-corrected chi connectivity index (χ1v) is 10.4. The number of carbonyl (C=O) groups is 1. The van der Waals surface area contributed by atoms with Crippen molar-refractivity contribution < 1.29 is 13.7 Å². The summed E-state index contributed by atoms with van der Waals surface area (Å²) < 4.78 is 18.1. The fourth-order valence-corrected chi connectivity index (χ4v) is 3.63. The Hall–Kier alpha value is -3.03. The molecule has 1 unspecified atom stereocenters. The number of hydrogen-bond acceptors (Lipinski definition) is 4. The fraction of sp³-hybridized carbons (Fsp3) is 0.182.